The van der Waals surface area contributed by atoms with E-state index in [9.17, 15) is 18.3 Å². The van der Waals surface area contributed by atoms with Gasteiger partial charge in [-0.05, 0) is 19.8 Å². The quantitative estimate of drug-likeness (QED) is 0.875. The smallest absolute Gasteiger partial charge is 0.387 e. The Hall–Kier alpha value is -0.620. The highest BCUT2D eigenvalue weighted by atomic mass is 32.1. The van der Waals surface area contributed by atoms with Crippen LogP contribution in [0.3, 0.4) is 0 Å². The number of halogens is 3. The first-order valence-corrected chi connectivity index (χ1v) is 5.43. The molecule has 6 heteroatoms. The number of rotatable bonds is 4. The third-order valence-corrected chi connectivity index (χ3v) is 2.71. The van der Waals surface area contributed by atoms with E-state index in [0.29, 0.717) is 5.69 Å². The Morgan fingerprint density at radius 1 is 1.53 bits per heavy atom. The van der Waals surface area contributed by atoms with Gasteiger partial charge in [-0.15, -0.1) is 11.3 Å². The lowest BCUT2D eigenvalue weighted by atomic mass is 10.1. The van der Waals surface area contributed by atoms with Crippen LogP contribution in [0.15, 0.2) is 5.38 Å². The zero-order chi connectivity index (χ0) is 11.5. The number of thiazole rings is 1. The molecule has 0 bridgehead atoms. The fraction of sp³-hybridized carbons (Fsp3) is 0.667. The minimum atomic E-state index is -4.14. The Balaban J connectivity index is 2.34. The molecule has 86 valence electrons. The zero-order valence-electron chi connectivity index (χ0n) is 8.21. The van der Waals surface area contributed by atoms with E-state index in [0.717, 1.165) is 5.01 Å². The van der Waals surface area contributed by atoms with Gasteiger partial charge >= 0.3 is 6.18 Å². The van der Waals surface area contributed by atoms with Crippen LogP contribution < -0.4 is 0 Å². The van der Waals surface area contributed by atoms with Crippen LogP contribution >= 0.6 is 11.3 Å². The fourth-order valence-corrected chi connectivity index (χ4v) is 1.84. The van der Waals surface area contributed by atoms with E-state index in [1.165, 1.54) is 11.3 Å². The number of hydrogen-bond donors (Lipinski definition) is 1. The van der Waals surface area contributed by atoms with Gasteiger partial charge in [0, 0.05) is 11.8 Å². The van der Waals surface area contributed by atoms with Gasteiger partial charge in [0.25, 0.3) is 0 Å². The van der Waals surface area contributed by atoms with Gasteiger partial charge in [-0.2, -0.15) is 13.2 Å². The number of hydrogen-bond acceptors (Lipinski definition) is 3. The van der Waals surface area contributed by atoms with E-state index in [1.54, 1.807) is 12.3 Å². The van der Waals surface area contributed by atoms with Gasteiger partial charge < -0.3 is 5.11 Å². The van der Waals surface area contributed by atoms with Crippen LogP contribution in [0.5, 0.6) is 0 Å². The molecule has 15 heavy (non-hydrogen) atoms. The van der Waals surface area contributed by atoms with E-state index < -0.39 is 18.7 Å². The highest BCUT2D eigenvalue weighted by Gasteiger charge is 2.26. The van der Waals surface area contributed by atoms with Crippen molar-refractivity contribution in [2.24, 2.45) is 0 Å². The van der Waals surface area contributed by atoms with Crippen LogP contribution in [-0.2, 0) is 0 Å². The zero-order valence-corrected chi connectivity index (χ0v) is 9.03. The number of aliphatic hydroxyl groups excluding tert-OH is 1. The van der Waals surface area contributed by atoms with Gasteiger partial charge in [0.15, 0.2) is 0 Å². The lowest BCUT2D eigenvalue weighted by Crippen LogP contribution is -2.08. The summed E-state index contributed by atoms with van der Waals surface area (Å²) in [4.78, 5) is 4.01. The molecular weight excluding hydrogens is 227 g/mol. The number of nitrogens with zero attached hydrogens (tertiary/aromatic N) is 1. The summed E-state index contributed by atoms with van der Waals surface area (Å²) < 4.78 is 35.5. The van der Waals surface area contributed by atoms with Crippen LogP contribution in [0, 0.1) is 6.92 Å². The third-order valence-electron chi connectivity index (χ3n) is 1.92. The van der Waals surface area contributed by atoms with Gasteiger partial charge in [0.05, 0.1) is 16.8 Å². The molecule has 0 aliphatic rings. The SMILES string of the molecule is Cc1nc(C(O)CCCC(F)(F)F)cs1. The lowest BCUT2D eigenvalue weighted by molar-refractivity contribution is -0.136. The average molecular weight is 239 g/mol. The van der Waals surface area contributed by atoms with Crippen molar-refractivity contribution in [3.63, 3.8) is 0 Å². The fourth-order valence-electron chi connectivity index (χ4n) is 1.18. The van der Waals surface area contributed by atoms with Crippen molar-refractivity contribution in [3.8, 4) is 0 Å². The molecule has 0 radical (unpaired) electrons. The van der Waals surface area contributed by atoms with Crippen molar-refractivity contribution in [1.82, 2.24) is 4.98 Å². The first kappa shape index (κ1) is 12.4. The predicted octanol–water partition coefficient (Wildman–Crippen LogP) is 3.22. The first-order chi connectivity index (χ1) is 6.88. The summed E-state index contributed by atoms with van der Waals surface area (Å²) in [5, 5.41) is 12.0. The third kappa shape index (κ3) is 4.61. The second-order valence-electron chi connectivity index (χ2n) is 3.31. The van der Waals surface area contributed by atoms with Crippen molar-refractivity contribution in [2.45, 2.75) is 38.5 Å². The molecule has 1 aromatic heterocycles. The number of alkyl halides is 3. The van der Waals surface area contributed by atoms with Crippen LogP contribution in [0.4, 0.5) is 13.2 Å². The van der Waals surface area contributed by atoms with E-state index >= 15 is 0 Å². The molecule has 0 aliphatic carbocycles. The summed E-state index contributed by atoms with van der Waals surface area (Å²) in [6, 6.07) is 0. The largest absolute Gasteiger partial charge is 0.389 e. The Bertz CT molecular complexity index is 311. The molecule has 2 nitrogen and oxygen atoms in total. The minimum absolute atomic E-state index is 0.0682. The first-order valence-electron chi connectivity index (χ1n) is 4.55. The van der Waals surface area contributed by atoms with Crippen molar-refractivity contribution >= 4 is 11.3 Å². The standard InChI is InChI=1S/C9H12F3NOS/c1-6-13-7(5-15-6)8(14)3-2-4-9(10,11)12/h5,8,14H,2-4H2,1H3. The summed E-state index contributed by atoms with van der Waals surface area (Å²) in [7, 11) is 0. The maximum absolute atomic E-state index is 11.8. The Morgan fingerprint density at radius 3 is 2.67 bits per heavy atom. The van der Waals surface area contributed by atoms with E-state index in [1.807, 2.05) is 0 Å². The average Bonchev–Trinajstić information content (AvgIpc) is 2.49. The summed E-state index contributed by atoms with van der Waals surface area (Å²) >= 11 is 1.38. The molecule has 0 fully saturated rings. The summed E-state index contributed by atoms with van der Waals surface area (Å²) in [6.45, 7) is 1.79. The van der Waals surface area contributed by atoms with Gasteiger partial charge in [0.1, 0.15) is 0 Å². The molecule has 1 heterocycles. The molecule has 1 aromatic rings. The maximum atomic E-state index is 11.8. The van der Waals surface area contributed by atoms with E-state index in [2.05, 4.69) is 4.98 Å². The van der Waals surface area contributed by atoms with E-state index in [-0.39, 0.29) is 12.8 Å². The van der Waals surface area contributed by atoms with Gasteiger partial charge in [0.2, 0.25) is 0 Å². The maximum Gasteiger partial charge on any atom is 0.389 e. The number of aryl methyl sites for hydroxylation is 1. The second-order valence-corrected chi connectivity index (χ2v) is 4.38. The highest BCUT2D eigenvalue weighted by molar-refractivity contribution is 7.09. The normalized spacial score (nSPS) is 14.2. The molecule has 1 atom stereocenters. The second kappa shape index (κ2) is 4.94. The molecule has 1 rings (SSSR count). The highest BCUT2D eigenvalue weighted by Crippen LogP contribution is 2.26. The molecule has 0 amide bonds. The van der Waals surface area contributed by atoms with Crippen molar-refractivity contribution in [3.05, 3.63) is 16.1 Å². The minimum Gasteiger partial charge on any atom is -0.387 e. The van der Waals surface area contributed by atoms with Crippen LogP contribution in [-0.4, -0.2) is 16.3 Å². The molecule has 0 aromatic carbocycles. The number of aliphatic hydroxyl groups is 1. The lowest BCUT2D eigenvalue weighted by Gasteiger charge is -2.09. The van der Waals surface area contributed by atoms with Crippen LogP contribution in [0.25, 0.3) is 0 Å². The Labute approximate surface area is 89.8 Å². The molecular formula is C9H12F3NOS. The Morgan fingerprint density at radius 2 is 2.20 bits per heavy atom. The molecule has 0 spiro atoms. The van der Waals surface area contributed by atoms with Gasteiger partial charge in [-0.25, -0.2) is 4.98 Å². The topological polar surface area (TPSA) is 33.1 Å². The number of aromatic nitrogens is 1. The van der Waals surface area contributed by atoms with Gasteiger partial charge in [-0.1, -0.05) is 0 Å². The van der Waals surface area contributed by atoms with Crippen molar-refractivity contribution < 1.29 is 18.3 Å². The van der Waals surface area contributed by atoms with E-state index in [4.69, 9.17) is 0 Å². The predicted molar refractivity (Wildman–Crippen MR) is 51.7 cm³/mol. The molecule has 0 aliphatic heterocycles. The molecule has 0 saturated heterocycles. The van der Waals surface area contributed by atoms with Crippen LogP contribution in [0.2, 0.25) is 0 Å². The molecule has 1 N–H and O–H groups in total. The van der Waals surface area contributed by atoms with Crippen molar-refractivity contribution in [2.75, 3.05) is 0 Å². The molecule has 1 unspecified atom stereocenters. The summed E-state index contributed by atoms with van der Waals surface area (Å²) in [6.07, 6.45) is -5.84. The van der Waals surface area contributed by atoms with Gasteiger partial charge in [-0.3, -0.25) is 0 Å². The van der Waals surface area contributed by atoms with Crippen LogP contribution in [0.1, 0.15) is 36.1 Å². The summed E-state index contributed by atoms with van der Waals surface area (Å²) in [5.41, 5.74) is 0.472. The Kier molecular flexibility index (Phi) is 4.10. The summed E-state index contributed by atoms with van der Waals surface area (Å²) in [5.74, 6) is 0. The van der Waals surface area contributed by atoms with Crippen molar-refractivity contribution in [1.29, 1.82) is 0 Å². The molecule has 0 saturated carbocycles. The monoisotopic (exact) mass is 239 g/mol.